The zero-order valence-electron chi connectivity index (χ0n) is 19.8. The fraction of sp³-hybridized carbons (Fsp3) is 0.107. The van der Waals surface area contributed by atoms with Crippen LogP contribution in [-0.2, 0) is 16.1 Å². The topological polar surface area (TPSA) is 65.0 Å². The Kier molecular flexibility index (Phi) is 6.97. The van der Waals surface area contributed by atoms with E-state index in [9.17, 15) is 9.59 Å². The molecule has 1 N–H and O–H groups in total. The molecule has 36 heavy (non-hydrogen) atoms. The maximum absolute atomic E-state index is 13.7. The molecule has 1 saturated heterocycles. The summed E-state index contributed by atoms with van der Waals surface area (Å²) in [6, 6.07) is 27.4. The molecular formula is C28H24N4O2S2. The van der Waals surface area contributed by atoms with Crippen molar-refractivity contribution in [2.24, 2.45) is 4.99 Å². The van der Waals surface area contributed by atoms with Gasteiger partial charge in [0.1, 0.15) is 4.91 Å². The van der Waals surface area contributed by atoms with Gasteiger partial charge in [-0.05, 0) is 47.2 Å². The number of nitrogens with zero attached hydrogens (tertiary/aromatic N) is 3. The van der Waals surface area contributed by atoms with E-state index in [-0.39, 0.29) is 11.8 Å². The molecule has 6 nitrogen and oxygen atoms in total. The van der Waals surface area contributed by atoms with Crippen molar-refractivity contribution in [1.29, 1.82) is 0 Å². The third-order valence-corrected chi connectivity index (χ3v) is 7.91. The number of amides is 2. The summed E-state index contributed by atoms with van der Waals surface area (Å²) in [4.78, 5) is 34.3. The van der Waals surface area contributed by atoms with Crippen molar-refractivity contribution in [3.8, 4) is 0 Å². The van der Waals surface area contributed by atoms with Crippen LogP contribution in [0.3, 0.4) is 0 Å². The lowest BCUT2D eigenvalue weighted by atomic mass is 10.1. The normalized spacial score (nSPS) is 18.7. The van der Waals surface area contributed by atoms with Gasteiger partial charge in [0, 0.05) is 25.1 Å². The zero-order chi connectivity index (χ0) is 25.1. The van der Waals surface area contributed by atoms with Crippen molar-refractivity contribution < 1.29 is 9.59 Å². The fourth-order valence-corrected chi connectivity index (χ4v) is 6.16. The minimum Gasteiger partial charge on any atom is -0.337 e. The molecule has 2 aliphatic rings. The quantitative estimate of drug-likeness (QED) is 0.409. The summed E-state index contributed by atoms with van der Waals surface area (Å²) in [5.74, 6) is -0.187. The van der Waals surface area contributed by atoms with Crippen molar-refractivity contribution in [2.75, 3.05) is 12.4 Å². The third-order valence-electron chi connectivity index (χ3n) is 5.67. The highest BCUT2D eigenvalue weighted by Gasteiger charge is 2.38. The van der Waals surface area contributed by atoms with Gasteiger partial charge in [0.25, 0.3) is 5.91 Å². The summed E-state index contributed by atoms with van der Waals surface area (Å²) in [7, 11) is 1.99. The van der Waals surface area contributed by atoms with Crippen LogP contribution >= 0.6 is 23.5 Å². The average Bonchev–Trinajstić information content (AvgIpc) is 3.40. The molecule has 2 amide bonds. The van der Waals surface area contributed by atoms with E-state index < -0.39 is 0 Å². The van der Waals surface area contributed by atoms with Crippen LogP contribution in [0.4, 0.5) is 11.4 Å². The second kappa shape index (κ2) is 10.5. The van der Waals surface area contributed by atoms with Crippen molar-refractivity contribution in [1.82, 2.24) is 9.80 Å². The Morgan fingerprint density at radius 1 is 0.944 bits per heavy atom. The van der Waals surface area contributed by atoms with Gasteiger partial charge in [-0.15, -0.1) is 0 Å². The SMILES string of the molecule is CC(=O)Nc1ccc(/N=C2\S/C(=C3\SC=C(c4ccccc4)N3C)C(=O)N2Cc2ccccc2)cc1. The van der Waals surface area contributed by atoms with Crippen LogP contribution < -0.4 is 5.32 Å². The molecule has 0 aromatic heterocycles. The van der Waals surface area contributed by atoms with Gasteiger partial charge in [0.05, 0.1) is 23.0 Å². The van der Waals surface area contributed by atoms with Gasteiger partial charge in [-0.3, -0.25) is 14.5 Å². The number of hydrogen-bond donors (Lipinski definition) is 1. The fourth-order valence-electron chi connectivity index (χ4n) is 3.91. The van der Waals surface area contributed by atoms with Crippen LogP contribution in [0.2, 0.25) is 0 Å². The third kappa shape index (κ3) is 5.10. The Morgan fingerprint density at radius 3 is 2.28 bits per heavy atom. The van der Waals surface area contributed by atoms with Crippen molar-refractivity contribution >= 4 is 57.6 Å². The number of hydrogen-bond acceptors (Lipinski definition) is 6. The van der Waals surface area contributed by atoms with Crippen LogP contribution in [0.1, 0.15) is 18.1 Å². The van der Waals surface area contributed by atoms with Crippen LogP contribution in [-0.4, -0.2) is 33.8 Å². The first-order chi connectivity index (χ1) is 17.5. The van der Waals surface area contributed by atoms with Gasteiger partial charge in [0.15, 0.2) is 5.17 Å². The predicted octanol–water partition coefficient (Wildman–Crippen LogP) is 6.25. The first kappa shape index (κ1) is 24.0. The summed E-state index contributed by atoms with van der Waals surface area (Å²) < 4.78 is 0. The maximum atomic E-state index is 13.7. The zero-order valence-corrected chi connectivity index (χ0v) is 21.5. The second-order valence-corrected chi connectivity index (χ2v) is 10.1. The Bertz CT molecular complexity index is 1380. The molecule has 3 aromatic rings. The lowest BCUT2D eigenvalue weighted by molar-refractivity contribution is -0.122. The minimum atomic E-state index is -0.127. The molecule has 0 spiro atoms. The van der Waals surface area contributed by atoms with Gasteiger partial charge in [0.2, 0.25) is 5.91 Å². The van der Waals surface area contributed by atoms with Gasteiger partial charge >= 0.3 is 0 Å². The number of benzene rings is 3. The number of carbonyl (C=O) groups excluding carboxylic acids is 2. The first-order valence-corrected chi connectivity index (χ1v) is 13.1. The molecule has 5 rings (SSSR count). The number of nitrogens with one attached hydrogen (secondary N) is 1. The highest BCUT2D eigenvalue weighted by atomic mass is 32.2. The highest BCUT2D eigenvalue weighted by Crippen LogP contribution is 2.46. The summed E-state index contributed by atoms with van der Waals surface area (Å²) in [6.45, 7) is 1.90. The van der Waals surface area contributed by atoms with Crippen molar-refractivity contribution in [2.45, 2.75) is 13.5 Å². The number of anilines is 1. The van der Waals surface area contributed by atoms with E-state index >= 15 is 0 Å². The molecule has 3 aromatic carbocycles. The van der Waals surface area contributed by atoms with Gasteiger partial charge in [-0.2, -0.15) is 0 Å². The van der Waals surface area contributed by atoms with Gasteiger partial charge in [-0.25, -0.2) is 4.99 Å². The van der Waals surface area contributed by atoms with Crippen LogP contribution in [0, 0.1) is 0 Å². The van der Waals surface area contributed by atoms with E-state index in [2.05, 4.69) is 27.8 Å². The molecule has 0 unspecified atom stereocenters. The first-order valence-electron chi connectivity index (χ1n) is 11.4. The van der Waals surface area contributed by atoms with E-state index in [4.69, 9.17) is 4.99 Å². The average molecular weight is 513 g/mol. The van der Waals surface area contributed by atoms with E-state index in [1.54, 1.807) is 28.8 Å². The Hall–Kier alpha value is -3.75. The Labute approximate surface area is 218 Å². The Balaban J connectivity index is 1.47. The highest BCUT2D eigenvalue weighted by molar-refractivity contribution is 8.19. The summed E-state index contributed by atoms with van der Waals surface area (Å²) in [6.07, 6.45) is 0. The minimum absolute atomic E-state index is 0.0606. The number of carbonyl (C=O) groups is 2. The molecule has 1 fully saturated rings. The molecule has 2 heterocycles. The molecule has 8 heteroatoms. The van der Waals surface area contributed by atoms with Crippen molar-refractivity contribution in [3.05, 3.63) is 111 Å². The standard InChI is InChI=1S/C28H24N4O2S2/c1-19(33)29-22-13-15-23(16-14-22)30-28-32(17-20-9-5-3-6-10-20)26(34)25(36-28)27-31(2)24(18-35-27)21-11-7-4-8-12-21/h3-16,18H,17H2,1-2H3,(H,29,33)/b27-25-,30-28-. The number of thioether (sulfide) groups is 2. The maximum Gasteiger partial charge on any atom is 0.269 e. The molecule has 0 saturated carbocycles. The molecule has 0 atom stereocenters. The van der Waals surface area contributed by atoms with Gasteiger partial charge < -0.3 is 10.2 Å². The molecular weight excluding hydrogens is 488 g/mol. The monoisotopic (exact) mass is 512 g/mol. The number of rotatable bonds is 5. The Morgan fingerprint density at radius 2 is 1.61 bits per heavy atom. The number of amidine groups is 1. The van der Waals surface area contributed by atoms with Crippen LogP contribution in [0.25, 0.3) is 5.70 Å². The van der Waals surface area contributed by atoms with Crippen LogP contribution in [0.15, 0.2) is 105 Å². The van der Waals surface area contributed by atoms with Crippen molar-refractivity contribution in [3.63, 3.8) is 0 Å². The molecule has 2 aliphatic heterocycles. The van der Waals surface area contributed by atoms with Crippen LogP contribution in [0.5, 0.6) is 0 Å². The number of aliphatic imine (C=N–C) groups is 1. The van der Waals surface area contributed by atoms with E-state index in [0.717, 1.165) is 21.9 Å². The smallest absolute Gasteiger partial charge is 0.269 e. The summed E-state index contributed by atoms with van der Waals surface area (Å²) >= 11 is 2.95. The molecule has 180 valence electrons. The molecule has 0 bridgehead atoms. The van der Waals surface area contributed by atoms with E-state index in [0.29, 0.717) is 28.0 Å². The second-order valence-electron chi connectivity index (χ2n) is 8.28. The van der Waals surface area contributed by atoms with Gasteiger partial charge in [-0.1, -0.05) is 72.4 Å². The molecule has 0 radical (unpaired) electrons. The van der Waals surface area contributed by atoms with E-state index in [1.807, 2.05) is 67.7 Å². The predicted molar refractivity (Wildman–Crippen MR) is 149 cm³/mol. The summed E-state index contributed by atoms with van der Waals surface area (Å²) in [5.41, 5.74) is 4.60. The van der Waals surface area contributed by atoms with E-state index in [1.165, 1.54) is 18.7 Å². The lowest BCUT2D eigenvalue weighted by Gasteiger charge is -2.19. The lowest BCUT2D eigenvalue weighted by Crippen LogP contribution is -2.29. The largest absolute Gasteiger partial charge is 0.337 e. The molecule has 0 aliphatic carbocycles. The summed E-state index contributed by atoms with van der Waals surface area (Å²) in [5, 5.41) is 6.37.